The Labute approximate surface area is 122 Å². The Bertz CT molecular complexity index is 478. The van der Waals surface area contributed by atoms with Crippen molar-refractivity contribution in [2.75, 3.05) is 6.54 Å². The minimum absolute atomic E-state index is 0.0842. The molecule has 0 fully saturated rings. The summed E-state index contributed by atoms with van der Waals surface area (Å²) in [4.78, 5) is 22.7. The molecule has 0 aliphatic rings. The van der Waals surface area contributed by atoms with Crippen molar-refractivity contribution in [3.8, 4) is 5.75 Å². The number of amides is 1. The van der Waals surface area contributed by atoms with Crippen LogP contribution in [0.5, 0.6) is 5.75 Å². The average Bonchev–Trinajstić information content (AvgIpc) is 2.41. The van der Waals surface area contributed by atoms with E-state index in [1.165, 1.54) is 0 Å². The number of hydrogen-bond acceptors (Lipinski definition) is 3. The van der Waals surface area contributed by atoms with E-state index in [1.54, 1.807) is 38.1 Å². The van der Waals surface area contributed by atoms with Gasteiger partial charge in [-0.1, -0.05) is 30.7 Å². The van der Waals surface area contributed by atoms with Crippen LogP contribution in [-0.2, 0) is 9.59 Å². The fraction of sp³-hybridized carbons (Fsp3) is 0.429. The standard InChI is InChI=1S/C14H18ClNO4/c1-3-10(14(18)19)8-16-13(17)9(2)20-12-7-5-4-6-11(12)15/h4-7,9-10H,3,8H2,1-2H3,(H,16,17)(H,18,19). The van der Waals surface area contributed by atoms with Gasteiger partial charge in [0.2, 0.25) is 0 Å². The molecule has 0 saturated carbocycles. The van der Waals surface area contributed by atoms with Gasteiger partial charge in [-0.2, -0.15) is 0 Å². The maximum Gasteiger partial charge on any atom is 0.308 e. The predicted octanol–water partition coefficient (Wildman–Crippen LogP) is 2.33. The van der Waals surface area contributed by atoms with Gasteiger partial charge in [0.25, 0.3) is 5.91 Å². The van der Waals surface area contributed by atoms with Crippen LogP contribution in [0, 0.1) is 5.92 Å². The molecular formula is C14H18ClNO4. The summed E-state index contributed by atoms with van der Waals surface area (Å²) < 4.78 is 5.44. The molecule has 1 aromatic carbocycles. The zero-order valence-electron chi connectivity index (χ0n) is 11.4. The lowest BCUT2D eigenvalue weighted by atomic mass is 10.1. The van der Waals surface area contributed by atoms with E-state index in [0.29, 0.717) is 17.2 Å². The summed E-state index contributed by atoms with van der Waals surface area (Å²) in [6.45, 7) is 3.43. The van der Waals surface area contributed by atoms with Crippen molar-refractivity contribution >= 4 is 23.5 Å². The third-order valence-corrected chi connectivity index (χ3v) is 3.19. The number of rotatable bonds is 7. The summed E-state index contributed by atoms with van der Waals surface area (Å²) in [5.41, 5.74) is 0. The molecule has 20 heavy (non-hydrogen) atoms. The Morgan fingerprint density at radius 2 is 2.05 bits per heavy atom. The van der Waals surface area contributed by atoms with Gasteiger partial charge in [0, 0.05) is 6.54 Å². The summed E-state index contributed by atoms with van der Waals surface area (Å²) in [7, 11) is 0. The first-order chi connectivity index (χ1) is 9.45. The number of carbonyl (C=O) groups excluding carboxylic acids is 1. The zero-order chi connectivity index (χ0) is 15.1. The molecule has 0 heterocycles. The highest BCUT2D eigenvalue weighted by atomic mass is 35.5. The van der Waals surface area contributed by atoms with Crippen LogP contribution in [0.1, 0.15) is 20.3 Å². The fourth-order valence-electron chi connectivity index (χ4n) is 1.56. The van der Waals surface area contributed by atoms with Gasteiger partial charge >= 0.3 is 5.97 Å². The first kappa shape index (κ1) is 16.3. The molecule has 0 aliphatic heterocycles. The van der Waals surface area contributed by atoms with E-state index in [0.717, 1.165) is 0 Å². The van der Waals surface area contributed by atoms with Crippen LogP contribution in [-0.4, -0.2) is 29.6 Å². The van der Waals surface area contributed by atoms with Gasteiger partial charge in [-0.15, -0.1) is 0 Å². The van der Waals surface area contributed by atoms with Crippen LogP contribution in [0.3, 0.4) is 0 Å². The monoisotopic (exact) mass is 299 g/mol. The molecule has 0 saturated heterocycles. The van der Waals surface area contributed by atoms with E-state index in [9.17, 15) is 9.59 Å². The van der Waals surface area contributed by atoms with Gasteiger partial charge in [0.05, 0.1) is 10.9 Å². The smallest absolute Gasteiger partial charge is 0.308 e. The highest BCUT2D eigenvalue weighted by Crippen LogP contribution is 2.24. The molecule has 2 atom stereocenters. The number of nitrogens with one attached hydrogen (secondary N) is 1. The van der Waals surface area contributed by atoms with E-state index >= 15 is 0 Å². The van der Waals surface area contributed by atoms with Crippen molar-refractivity contribution in [1.82, 2.24) is 5.32 Å². The predicted molar refractivity (Wildman–Crippen MR) is 76.0 cm³/mol. The first-order valence-electron chi connectivity index (χ1n) is 6.37. The van der Waals surface area contributed by atoms with Crippen LogP contribution < -0.4 is 10.1 Å². The molecule has 0 aliphatic carbocycles. The van der Waals surface area contributed by atoms with Crippen LogP contribution in [0.25, 0.3) is 0 Å². The average molecular weight is 300 g/mol. The molecule has 110 valence electrons. The Balaban J connectivity index is 2.51. The van der Waals surface area contributed by atoms with Crippen molar-refractivity contribution in [2.45, 2.75) is 26.4 Å². The molecule has 0 aromatic heterocycles. The minimum Gasteiger partial charge on any atom is -0.481 e. The Kier molecular flexibility index (Phi) is 6.31. The number of benzene rings is 1. The third-order valence-electron chi connectivity index (χ3n) is 2.87. The SMILES string of the molecule is CCC(CNC(=O)C(C)Oc1ccccc1Cl)C(=O)O. The van der Waals surface area contributed by atoms with E-state index in [2.05, 4.69) is 5.32 Å². The number of carbonyl (C=O) groups is 2. The van der Waals surface area contributed by atoms with Gasteiger partial charge in [-0.25, -0.2) is 0 Å². The molecule has 2 unspecified atom stereocenters. The molecule has 2 N–H and O–H groups in total. The second-order valence-corrected chi connectivity index (χ2v) is 4.79. The lowest BCUT2D eigenvalue weighted by Gasteiger charge is -2.17. The van der Waals surface area contributed by atoms with Gasteiger partial charge in [-0.3, -0.25) is 9.59 Å². The van der Waals surface area contributed by atoms with Crippen LogP contribution in [0.4, 0.5) is 0 Å². The van der Waals surface area contributed by atoms with Crippen molar-refractivity contribution in [1.29, 1.82) is 0 Å². The van der Waals surface area contributed by atoms with Crippen LogP contribution in [0.2, 0.25) is 5.02 Å². The number of para-hydroxylation sites is 1. The fourth-order valence-corrected chi connectivity index (χ4v) is 1.74. The van der Waals surface area contributed by atoms with Gasteiger partial charge in [0.15, 0.2) is 6.10 Å². The van der Waals surface area contributed by atoms with E-state index in [1.807, 2.05) is 0 Å². The topological polar surface area (TPSA) is 75.6 Å². The maximum absolute atomic E-state index is 11.8. The molecule has 5 nitrogen and oxygen atoms in total. The van der Waals surface area contributed by atoms with Crippen LogP contribution >= 0.6 is 11.6 Å². The second-order valence-electron chi connectivity index (χ2n) is 4.38. The minimum atomic E-state index is -0.924. The van der Waals surface area contributed by atoms with Gasteiger partial charge in [-0.05, 0) is 25.5 Å². The maximum atomic E-state index is 11.8. The summed E-state index contributed by atoms with van der Waals surface area (Å²) in [6, 6.07) is 6.85. The molecule has 1 amide bonds. The molecule has 1 aromatic rings. The van der Waals surface area contributed by atoms with Crippen molar-refractivity contribution in [3.05, 3.63) is 29.3 Å². The number of carboxylic acids is 1. The van der Waals surface area contributed by atoms with E-state index in [4.69, 9.17) is 21.4 Å². The molecule has 1 rings (SSSR count). The Morgan fingerprint density at radius 1 is 1.40 bits per heavy atom. The van der Waals surface area contributed by atoms with Crippen molar-refractivity contribution in [3.63, 3.8) is 0 Å². The summed E-state index contributed by atoms with van der Waals surface area (Å²) in [5.74, 6) is -1.47. The van der Waals surface area contributed by atoms with Gasteiger partial charge in [0.1, 0.15) is 5.75 Å². The second kappa shape index (κ2) is 7.75. The van der Waals surface area contributed by atoms with Gasteiger partial charge < -0.3 is 15.2 Å². The Morgan fingerprint density at radius 3 is 2.60 bits per heavy atom. The number of hydrogen-bond donors (Lipinski definition) is 2. The number of ether oxygens (including phenoxy) is 1. The first-order valence-corrected chi connectivity index (χ1v) is 6.75. The summed E-state index contributed by atoms with van der Waals surface area (Å²) in [6.07, 6.45) is -0.295. The summed E-state index contributed by atoms with van der Waals surface area (Å²) in [5, 5.41) is 11.9. The number of carboxylic acid groups (broad SMARTS) is 1. The highest BCUT2D eigenvalue weighted by molar-refractivity contribution is 6.32. The third kappa shape index (κ3) is 4.74. The molecule has 0 spiro atoms. The molecule has 0 radical (unpaired) electrons. The summed E-state index contributed by atoms with van der Waals surface area (Å²) >= 11 is 5.93. The van der Waals surface area contributed by atoms with E-state index in [-0.39, 0.29) is 12.5 Å². The van der Waals surface area contributed by atoms with Crippen molar-refractivity contribution < 1.29 is 19.4 Å². The van der Waals surface area contributed by atoms with E-state index < -0.39 is 18.0 Å². The number of aliphatic carboxylic acids is 1. The molecule has 0 bridgehead atoms. The van der Waals surface area contributed by atoms with Crippen molar-refractivity contribution in [2.24, 2.45) is 5.92 Å². The highest BCUT2D eigenvalue weighted by Gasteiger charge is 2.20. The lowest BCUT2D eigenvalue weighted by Crippen LogP contribution is -2.40. The molecule has 6 heteroatoms. The zero-order valence-corrected chi connectivity index (χ0v) is 12.2. The largest absolute Gasteiger partial charge is 0.481 e. The lowest BCUT2D eigenvalue weighted by molar-refractivity contribution is -0.141. The number of halogens is 1. The van der Waals surface area contributed by atoms with Crippen LogP contribution in [0.15, 0.2) is 24.3 Å². The Hall–Kier alpha value is -1.75. The quantitative estimate of drug-likeness (QED) is 0.810. The molecular weight excluding hydrogens is 282 g/mol. The normalized spacial score (nSPS) is 13.3.